The van der Waals surface area contributed by atoms with Gasteiger partial charge in [0.15, 0.2) is 0 Å². The molecule has 0 spiro atoms. The lowest BCUT2D eigenvalue weighted by atomic mass is 10.1. The molecule has 21 heavy (non-hydrogen) atoms. The van der Waals surface area contributed by atoms with Gasteiger partial charge in [-0.25, -0.2) is 5.84 Å². The molecule has 0 aliphatic heterocycles. The van der Waals surface area contributed by atoms with Crippen molar-refractivity contribution in [3.05, 3.63) is 65.7 Å². The molecule has 0 heterocycles. The Labute approximate surface area is 122 Å². The topological polar surface area (TPSA) is 88.1 Å². The summed E-state index contributed by atoms with van der Waals surface area (Å²) in [6, 6.07) is 18.2. The molecule has 1 atom stereocenters. The number of rotatable bonds is 5. The molecule has 0 bridgehead atoms. The van der Waals surface area contributed by atoms with E-state index in [0.717, 1.165) is 5.56 Å². The van der Waals surface area contributed by atoms with E-state index in [1.807, 2.05) is 18.2 Å². The molecule has 1 amide bonds. The Morgan fingerprint density at radius 1 is 1.19 bits per heavy atom. The second-order valence-electron chi connectivity index (χ2n) is 4.40. The van der Waals surface area contributed by atoms with Gasteiger partial charge >= 0.3 is 0 Å². The third-order valence-electron chi connectivity index (χ3n) is 2.94. The molecule has 106 valence electrons. The molecular weight excluding hydrogens is 266 g/mol. The van der Waals surface area contributed by atoms with Crippen LogP contribution in [-0.4, -0.2) is 5.91 Å². The molecule has 0 fully saturated rings. The van der Waals surface area contributed by atoms with Crippen molar-refractivity contribution >= 4 is 5.91 Å². The van der Waals surface area contributed by atoms with Crippen molar-refractivity contribution in [3.63, 3.8) is 0 Å². The van der Waals surface area contributed by atoms with Gasteiger partial charge in [-0.1, -0.05) is 42.5 Å². The Kier molecular flexibility index (Phi) is 4.91. The lowest BCUT2D eigenvalue weighted by Crippen LogP contribution is -2.37. The van der Waals surface area contributed by atoms with E-state index >= 15 is 0 Å². The van der Waals surface area contributed by atoms with Crippen LogP contribution in [0.4, 0.5) is 0 Å². The van der Waals surface area contributed by atoms with E-state index in [0.29, 0.717) is 17.7 Å². The summed E-state index contributed by atoms with van der Waals surface area (Å²) in [6.07, 6.45) is -0.482. The van der Waals surface area contributed by atoms with E-state index in [9.17, 15) is 4.79 Å². The third-order valence-corrected chi connectivity index (χ3v) is 2.94. The number of nitriles is 1. The first-order valence-corrected chi connectivity index (χ1v) is 6.42. The number of nitrogens with two attached hydrogens (primary N) is 1. The minimum absolute atomic E-state index is 0.339. The molecule has 0 radical (unpaired) electrons. The lowest BCUT2D eigenvalue weighted by molar-refractivity contribution is -0.128. The number of carbonyl (C=O) groups is 1. The maximum atomic E-state index is 11.9. The zero-order chi connectivity index (χ0) is 15.1. The van der Waals surface area contributed by atoms with Crippen LogP contribution >= 0.6 is 0 Å². The summed E-state index contributed by atoms with van der Waals surface area (Å²) in [5.41, 5.74) is 3.71. The molecule has 0 aliphatic carbocycles. The van der Waals surface area contributed by atoms with Crippen LogP contribution in [0.5, 0.6) is 5.75 Å². The largest absolute Gasteiger partial charge is 0.476 e. The van der Waals surface area contributed by atoms with Crippen molar-refractivity contribution in [2.75, 3.05) is 0 Å². The average Bonchev–Trinajstić information content (AvgIpc) is 2.54. The van der Waals surface area contributed by atoms with Crippen LogP contribution < -0.4 is 16.0 Å². The van der Waals surface area contributed by atoms with Gasteiger partial charge in [0.2, 0.25) is 6.10 Å². The number of ether oxygens (including phenoxy) is 1. The van der Waals surface area contributed by atoms with E-state index in [2.05, 4.69) is 11.5 Å². The number of benzene rings is 2. The van der Waals surface area contributed by atoms with Crippen molar-refractivity contribution in [3.8, 4) is 11.8 Å². The Balaban J connectivity index is 2.19. The highest BCUT2D eigenvalue weighted by Crippen LogP contribution is 2.22. The summed E-state index contributed by atoms with van der Waals surface area (Å²) in [5.74, 6) is 5.32. The fourth-order valence-electron chi connectivity index (χ4n) is 1.89. The zero-order valence-electron chi connectivity index (χ0n) is 11.3. The second kappa shape index (κ2) is 7.08. The quantitative estimate of drug-likeness (QED) is 0.497. The molecule has 2 aromatic rings. The Bertz CT molecular complexity index is 633. The van der Waals surface area contributed by atoms with Gasteiger partial charge in [-0.15, -0.1) is 0 Å². The van der Waals surface area contributed by atoms with Crippen molar-refractivity contribution in [1.82, 2.24) is 5.43 Å². The number of hydrazine groups is 1. The number of hydrogen-bond acceptors (Lipinski definition) is 4. The van der Waals surface area contributed by atoms with Crippen LogP contribution in [0.15, 0.2) is 54.6 Å². The fraction of sp³-hybridized carbons (Fsp3) is 0.125. The van der Waals surface area contributed by atoms with Crippen LogP contribution in [0.2, 0.25) is 0 Å². The molecule has 0 aliphatic rings. The highest BCUT2D eigenvalue weighted by molar-refractivity contribution is 5.82. The molecule has 0 aromatic heterocycles. The third kappa shape index (κ3) is 3.81. The summed E-state index contributed by atoms with van der Waals surface area (Å²) < 4.78 is 5.71. The first-order valence-electron chi connectivity index (χ1n) is 6.42. The zero-order valence-corrected chi connectivity index (χ0v) is 11.3. The van der Waals surface area contributed by atoms with Crippen molar-refractivity contribution in [2.45, 2.75) is 12.5 Å². The average molecular weight is 281 g/mol. The van der Waals surface area contributed by atoms with Gasteiger partial charge in [0.25, 0.3) is 5.91 Å². The van der Waals surface area contributed by atoms with Crippen molar-refractivity contribution in [1.29, 1.82) is 5.26 Å². The van der Waals surface area contributed by atoms with Gasteiger partial charge in [-0.3, -0.25) is 10.2 Å². The molecule has 1 unspecified atom stereocenters. The van der Waals surface area contributed by atoms with Gasteiger partial charge in [0.1, 0.15) is 5.75 Å². The van der Waals surface area contributed by atoms with Gasteiger partial charge < -0.3 is 4.74 Å². The van der Waals surface area contributed by atoms with Crippen LogP contribution in [0, 0.1) is 11.3 Å². The van der Waals surface area contributed by atoms with Gasteiger partial charge in [0.05, 0.1) is 12.5 Å². The molecule has 5 nitrogen and oxygen atoms in total. The molecule has 2 rings (SSSR count). The standard InChI is InChI=1S/C16H15N3O2/c17-11-10-12-6-8-14(9-7-12)21-15(16(20)19-18)13-4-2-1-3-5-13/h1-9,15H,10,18H2,(H,19,20). The van der Waals surface area contributed by atoms with E-state index < -0.39 is 12.0 Å². The summed E-state index contributed by atoms with van der Waals surface area (Å²) in [6.45, 7) is 0. The van der Waals surface area contributed by atoms with E-state index in [1.54, 1.807) is 36.4 Å². The SMILES string of the molecule is N#CCc1ccc(OC(C(=O)NN)c2ccccc2)cc1. The maximum absolute atomic E-state index is 11.9. The lowest BCUT2D eigenvalue weighted by Gasteiger charge is -2.18. The normalized spacial score (nSPS) is 11.2. The first-order chi connectivity index (χ1) is 10.2. The molecule has 2 aromatic carbocycles. The number of hydrogen-bond donors (Lipinski definition) is 2. The number of nitrogens with zero attached hydrogens (tertiary/aromatic N) is 1. The van der Waals surface area contributed by atoms with E-state index in [-0.39, 0.29) is 0 Å². The molecule has 0 saturated carbocycles. The van der Waals surface area contributed by atoms with E-state index in [1.165, 1.54) is 0 Å². The van der Waals surface area contributed by atoms with Crippen molar-refractivity contribution < 1.29 is 9.53 Å². The monoisotopic (exact) mass is 281 g/mol. The van der Waals surface area contributed by atoms with Gasteiger partial charge in [-0.05, 0) is 17.7 Å². The first kappa shape index (κ1) is 14.6. The fourth-order valence-corrected chi connectivity index (χ4v) is 1.89. The molecular formula is C16H15N3O2. The number of nitrogens with one attached hydrogen (secondary N) is 1. The van der Waals surface area contributed by atoms with Crippen LogP contribution in [-0.2, 0) is 11.2 Å². The Morgan fingerprint density at radius 2 is 1.86 bits per heavy atom. The Hall–Kier alpha value is -2.84. The van der Waals surface area contributed by atoms with Crippen molar-refractivity contribution in [2.24, 2.45) is 5.84 Å². The predicted octanol–water partition coefficient (Wildman–Crippen LogP) is 1.86. The van der Waals surface area contributed by atoms with Crippen LogP contribution in [0.1, 0.15) is 17.2 Å². The second-order valence-corrected chi connectivity index (χ2v) is 4.40. The minimum atomic E-state index is -0.821. The summed E-state index contributed by atoms with van der Waals surface area (Å²) in [5, 5.41) is 8.64. The highest BCUT2D eigenvalue weighted by atomic mass is 16.5. The van der Waals surface area contributed by atoms with Gasteiger partial charge in [-0.2, -0.15) is 5.26 Å². The molecule has 0 saturated heterocycles. The van der Waals surface area contributed by atoms with Crippen LogP contribution in [0.3, 0.4) is 0 Å². The van der Waals surface area contributed by atoms with E-state index in [4.69, 9.17) is 15.8 Å². The number of carbonyl (C=O) groups excluding carboxylic acids is 1. The highest BCUT2D eigenvalue weighted by Gasteiger charge is 2.21. The smallest absolute Gasteiger partial charge is 0.279 e. The molecule has 5 heteroatoms. The Morgan fingerprint density at radius 3 is 2.43 bits per heavy atom. The predicted molar refractivity (Wildman–Crippen MR) is 77.9 cm³/mol. The number of amides is 1. The minimum Gasteiger partial charge on any atom is -0.476 e. The van der Waals surface area contributed by atoms with Crippen LogP contribution in [0.25, 0.3) is 0 Å². The summed E-state index contributed by atoms with van der Waals surface area (Å²) in [7, 11) is 0. The van der Waals surface area contributed by atoms with Gasteiger partial charge in [0, 0.05) is 5.56 Å². The molecule has 3 N–H and O–H groups in total. The maximum Gasteiger partial charge on any atom is 0.279 e. The summed E-state index contributed by atoms with van der Waals surface area (Å²) in [4.78, 5) is 11.9. The summed E-state index contributed by atoms with van der Waals surface area (Å²) >= 11 is 0.